The summed E-state index contributed by atoms with van der Waals surface area (Å²) in [4.78, 5) is 16.3. The van der Waals surface area contributed by atoms with Gasteiger partial charge >= 0.3 is 12.1 Å². The van der Waals surface area contributed by atoms with Crippen molar-refractivity contribution in [3.63, 3.8) is 0 Å². The third kappa shape index (κ3) is 5.49. The van der Waals surface area contributed by atoms with E-state index in [1.165, 1.54) is 30.3 Å². The van der Waals surface area contributed by atoms with Crippen molar-refractivity contribution in [1.29, 1.82) is 0 Å². The molecule has 0 aliphatic heterocycles. The maximum absolute atomic E-state index is 13.7. The minimum atomic E-state index is -4.91. The lowest BCUT2D eigenvalue weighted by atomic mass is 10.1. The minimum Gasteiger partial charge on any atom is -0.446 e. The first-order valence-electron chi connectivity index (χ1n) is 9.10. The Kier molecular flexibility index (Phi) is 6.53. The van der Waals surface area contributed by atoms with E-state index in [1.54, 1.807) is 13.8 Å². The summed E-state index contributed by atoms with van der Waals surface area (Å²) in [5, 5.41) is 0. The number of carbonyl (C=O) groups excluding carboxylic acids is 1. The molecular weight excluding hydrogens is 461 g/mol. The quantitative estimate of drug-likeness (QED) is 0.341. The molecule has 3 rings (SSSR count). The number of ether oxygens (including phenoxy) is 2. The van der Waals surface area contributed by atoms with Crippen molar-refractivity contribution >= 4 is 29.2 Å². The lowest BCUT2D eigenvalue weighted by molar-refractivity contribution is -0.226. The Morgan fingerprint density at radius 3 is 2.39 bits per heavy atom. The number of hydrogen-bond donors (Lipinski definition) is 0. The van der Waals surface area contributed by atoms with Crippen LogP contribution in [0, 0.1) is 23.1 Å². The van der Waals surface area contributed by atoms with E-state index >= 15 is 0 Å². The molecule has 0 radical (unpaired) electrons. The van der Waals surface area contributed by atoms with Crippen LogP contribution < -0.4 is 4.74 Å². The van der Waals surface area contributed by atoms with Gasteiger partial charge in [0.25, 0.3) is 0 Å². The smallest absolute Gasteiger partial charge is 0.431 e. The van der Waals surface area contributed by atoms with Gasteiger partial charge < -0.3 is 9.47 Å². The molecule has 0 amide bonds. The number of alkyl halides is 3. The van der Waals surface area contributed by atoms with Gasteiger partial charge in [-0.3, -0.25) is 4.79 Å². The van der Waals surface area contributed by atoms with E-state index in [2.05, 4.69) is 4.98 Å². The van der Waals surface area contributed by atoms with Crippen molar-refractivity contribution in [1.82, 2.24) is 4.98 Å². The molecule has 166 valence electrons. The molecule has 1 fully saturated rings. The number of aromatic nitrogens is 1. The molecular formula is C21H17Cl2F4NO3. The van der Waals surface area contributed by atoms with Crippen LogP contribution >= 0.6 is 23.2 Å². The third-order valence-electron chi connectivity index (χ3n) is 5.05. The van der Waals surface area contributed by atoms with Gasteiger partial charge in [0.2, 0.25) is 12.0 Å². The first kappa shape index (κ1) is 23.3. The van der Waals surface area contributed by atoms with E-state index in [9.17, 15) is 22.4 Å². The Morgan fingerprint density at radius 2 is 1.81 bits per heavy atom. The number of nitrogens with zero attached hydrogens (tertiary/aromatic N) is 1. The van der Waals surface area contributed by atoms with Crippen molar-refractivity contribution in [2.24, 2.45) is 17.3 Å². The molecule has 1 aliphatic carbocycles. The Bertz CT molecular complexity index is 989. The minimum absolute atomic E-state index is 0.0759. The van der Waals surface area contributed by atoms with E-state index in [-0.39, 0.29) is 16.1 Å². The standard InChI is InChI=1S/C21H17Cl2F4NO3/c1-20(2)13(10-15(22)23)17(20)19(29)31-18(21(25,26)27)14-4-3-5-16(28-14)30-12-8-6-11(24)7-9-12/h3-10,13,17-18H,1-2H3/t13-,17-,18-/m1/s1. The van der Waals surface area contributed by atoms with Crippen molar-refractivity contribution < 1.29 is 31.8 Å². The first-order valence-corrected chi connectivity index (χ1v) is 9.85. The number of hydrogen-bond acceptors (Lipinski definition) is 4. The summed E-state index contributed by atoms with van der Waals surface area (Å²) in [6.07, 6.45) is -6.09. The average Bonchev–Trinajstić information content (AvgIpc) is 3.20. The van der Waals surface area contributed by atoms with Crippen LogP contribution in [-0.4, -0.2) is 17.1 Å². The fraction of sp³-hybridized carbons (Fsp3) is 0.333. The fourth-order valence-corrected chi connectivity index (χ4v) is 3.59. The molecule has 1 aromatic carbocycles. The molecule has 0 bridgehead atoms. The van der Waals surface area contributed by atoms with Crippen LogP contribution in [0.15, 0.2) is 53.0 Å². The molecule has 0 unspecified atom stereocenters. The zero-order chi connectivity index (χ0) is 23.0. The molecule has 0 N–H and O–H groups in total. The Hall–Kier alpha value is -2.32. The third-order valence-corrected chi connectivity index (χ3v) is 5.30. The SMILES string of the molecule is CC1(C)[C@H](C=C(Cl)Cl)[C@@H]1C(=O)O[C@H](c1cccc(Oc2ccc(F)cc2)n1)C(F)(F)F. The van der Waals surface area contributed by atoms with Gasteiger partial charge in [-0.25, -0.2) is 9.37 Å². The van der Waals surface area contributed by atoms with Crippen LogP contribution in [-0.2, 0) is 9.53 Å². The number of allylic oxidation sites excluding steroid dienone is 1. The largest absolute Gasteiger partial charge is 0.446 e. The van der Waals surface area contributed by atoms with Crippen molar-refractivity contribution in [2.75, 3.05) is 0 Å². The summed E-state index contributed by atoms with van der Waals surface area (Å²) >= 11 is 11.3. The van der Waals surface area contributed by atoms with Crippen LogP contribution in [0.1, 0.15) is 25.6 Å². The molecule has 4 nitrogen and oxygen atoms in total. The Labute approximate surface area is 185 Å². The predicted octanol–water partition coefficient (Wildman–Crippen LogP) is 6.75. The number of pyridine rings is 1. The second-order valence-electron chi connectivity index (χ2n) is 7.60. The van der Waals surface area contributed by atoms with Crippen LogP contribution in [0.2, 0.25) is 0 Å². The van der Waals surface area contributed by atoms with Gasteiger partial charge in [-0.2, -0.15) is 13.2 Å². The number of carbonyl (C=O) groups is 1. The van der Waals surface area contributed by atoms with Crippen LogP contribution in [0.5, 0.6) is 11.6 Å². The van der Waals surface area contributed by atoms with Crippen molar-refractivity contribution in [3.05, 3.63) is 64.5 Å². The topological polar surface area (TPSA) is 48.4 Å². The second-order valence-corrected chi connectivity index (χ2v) is 8.60. The molecule has 31 heavy (non-hydrogen) atoms. The summed E-state index contributed by atoms with van der Waals surface area (Å²) in [5.41, 5.74) is -1.20. The highest BCUT2D eigenvalue weighted by Crippen LogP contribution is 2.60. The number of rotatable bonds is 6. The summed E-state index contributed by atoms with van der Waals surface area (Å²) in [7, 11) is 0. The lowest BCUT2D eigenvalue weighted by Gasteiger charge is -2.21. The maximum atomic E-state index is 13.7. The van der Waals surface area contributed by atoms with Gasteiger partial charge in [0.1, 0.15) is 16.1 Å². The number of esters is 1. The molecule has 10 heteroatoms. The van der Waals surface area contributed by atoms with E-state index in [0.717, 1.165) is 18.2 Å². The van der Waals surface area contributed by atoms with E-state index in [0.29, 0.717) is 0 Å². The normalized spacial score (nSPS) is 20.5. The summed E-state index contributed by atoms with van der Waals surface area (Å²) < 4.78 is 64.2. The summed E-state index contributed by atoms with van der Waals surface area (Å²) in [6.45, 7) is 3.41. The molecule has 0 saturated heterocycles. The molecule has 3 atom stereocenters. The summed E-state index contributed by atoms with van der Waals surface area (Å²) in [6, 6.07) is 8.56. The van der Waals surface area contributed by atoms with E-state index < -0.39 is 47.0 Å². The zero-order valence-electron chi connectivity index (χ0n) is 16.3. The van der Waals surface area contributed by atoms with Gasteiger partial charge in [-0.1, -0.05) is 43.1 Å². The van der Waals surface area contributed by atoms with E-state index in [1.807, 2.05) is 0 Å². The van der Waals surface area contributed by atoms with Gasteiger partial charge in [-0.05, 0) is 47.7 Å². The van der Waals surface area contributed by atoms with Gasteiger partial charge in [0.15, 0.2) is 0 Å². The van der Waals surface area contributed by atoms with Gasteiger partial charge in [0, 0.05) is 6.07 Å². The molecule has 1 heterocycles. The van der Waals surface area contributed by atoms with E-state index in [4.69, 9.17) is 32.7 Å². The number of benzene rings is 1. The van der Waals surface area contributed by atoms with Crippen LogP contribution in [0.25, 0.3) is 0 Å². The second kappa shape index (κ2) is 8.67. The van der Waals surface area contributed by atoms with Crippen LogP contribution in [0.4, 0.5) is 17.6 Å². The lowest BCUT2D eigenvalue weighted by Crippen LogP contribution is -2.28. The predicted molar refractivity (Wildman–Crippen MR) is 106 cm³/mol. The summed E-state index contributed by atoms with van der Waals surface area (Å²) in [5.74, 6) is -2.79. The van der Waals surface area contributed by atoms with Gasteiger partial charge in [-0.15, -0.1) is 0 Å². The van der Waals surface area contributed by atoms with Crippen LogP contribution in [0.3, 0.4) is 0 Å². The molecule has 1 aromatic heterocycles. The number of halogens is 6. The molecule has 2 aromatic rings. The molecule has 0 spiro atoms. The maximum Gasteiger partial charge on any atom is 0.431 e. The zero-order valence-corrected chi connectivity index (χ0v) is 17.8. The Morgan fingerprint density at radius 1 is 1.16 bits per heavy atom. The monoisotopic (exact) mass is 477 g/mol. The van der Waals surface area contributed by atoms with Crippen molar-refractivity contribution in [2.45, 2.75) is 26.1 Å². The molecule has 1 aliphatic rings. The highest BCUT2D eigenvalue weighted by atomic mass is 35.5. The molecule has 1 saturated carbocycles. The fourth-order valence-electron chi connectivity index (χ4n) is 3.32. The Balaban J connectivity index is 1.81. The highest BCUT2D eigenvalue weighted by molar-refractivity contribution is 6.55. The van der Waals surface area contributed by atoms with Crippen molar-refractivity contribution in [3.8, 4) is 11.6 Å². The highest BCUT2D eigenvalue weighted by Gasteiger charge is 2.62. The first-order chi connectivity index (χ1) is 14.4. The average molecular weight is 478 g/mol. The van der Waals surface area contributed by atoms with Gasteiger partial charge in [0.05, 0.1) is 11.6 Å².